The molecule has 0 heterocycles. The van der Waals surface area contributed by atoms with Crippen molar-refractivity contribution in [2.45, 2.75) is 19.3 Å². The molecular weight excluding hydrogens is 204 g/mol. The molecule has 0 bridgehead atoms. The lowest BCUT2D eigenvalue weighted by Gasteiger charge is -2.19. The molecule has 0 fully saturated rings. The maximum Gasteiger partial charge on any atom is 0.313 e. The Kier molecular flexibility index (Phi) is 3.61. The number of carbonyl (C=O) groups is 2. The van der Waals surface area contributed by atoms with Crippen LogP contribution in [0.2, 0.25) is 0 Å². The monoisotopic (exact) mass is 218 g/mol. The number of carboxylic acids is 1. The number of aliphatic carboxylic acids is 1. The van der Waals surface area contributed by atoms with Gasteiger partial charge in [-0.25, -0.2) is 0 Å². The Bertz CT molecular complexity index is 413. The Morgan fingerprint density at radius 3 is 2.25 bits per heavy atom. The van der Waals surface area contributed by atoms with Crippen molar-refractivity contribution in [3.63, 3.8) is 0 Å². The van der Waals surface area contributed by atoms with Gasteiger partial charge in [0, 0.05) is 0 Å². The largest absolute Gasteiger partial charge is 0.481 e. The number of carboxylic acid groups (broad SMARTS) is 1. The first-order valence-corrected chi connectivity index (χ1v) is 4.94. The summed E-state index contributed by atoms with van der Waals surface area (Å²) in [6, 6.07) is 7.11. The summed E-state index contributed by atoms with van der Waals surface area (Å²) in [4.78, 5) is 21.1. The van der Waals surface area contributed by atoms with Gasteiger partial charge in [0.1, 0.15) is 6.29 Å². The standard InChI is InChI=1S/C13H14O3/c1-13(2,12(15)16)11-7-5-10(6-8-11)4-3-9-14/h3-9H,1-2H3,(H,15,16). The molecule has 0 saturated heterocycles. The molecule has 3 heteroatoms. The smallest absolute Gasteiger partial charge is 0.313 e. The summed E-state index contributed by atoms with van der Waals surface area (Å²) >= 11 is 0. The molecule has 0 aliphatic rings. The summed E-state index contributed by atoms with van der Waals surface area (Å²) < 4.78 is 0. The number of allylic oxidation sites excluding steroid dienone is 1. The second kappa shape index (κ2) is 4.75. The molecule has 0 aromatic heterocycles. The molecule has 1 rings (SSSR count). The third-order valence-corrected chi connectivity index (χ3v) is 2.53. The third kappa shape index (κ3) is 2.57. The molecule has 84 valence electrons. The van der Waals surface area contributed by atoms with Gasteiger partial charge in [-0.2, -0.15) is 0 Å². The normalized spacial score (nSPS) is 11.6. The molecule has 0 amide bonds. The van der Waals surface area contributed by atoms with Crippen molar-refractivity contribution < 1.29 is 14.7 Å². The molecule has 0 atom stereocenters. The van der Waals surface area contributed by atoms with Gasteiger partial charge in [0.2, 0.25) is 0 Å². The summed E-state index contributed by atoms with van der Waals surface area (Å²) in [6.07, 6.45) is 3.77. The van der Waals surface area contributed by atoms with Crippen LogP contribution in [0.5, 0.6) is 0 Å². The average Bonchev–Trinajstić information content (AvgIpc) is 2.26. The van der Waals surface area contributed by atoms with Crippen molar-refractivity contribution in [2.24, 2.45) is 0 Å². The zero-order valence-corrected chi connectivity index (χ0v) is 9.31. The van der Waals surface area contributed by atoms with Crippen molar-refractivity contribution in [3.8, 4) is 0 Å². The third-order valence-electron chi connectivity index (χ3n) is 2.53. The van der Waals surface area contributed by atoms with Crippen LogP contribution < -0.4 is 0 Å². The van der Waals surface area contributed by atoms with Crippen LogP contribution in [0.15, 0.2) is 30.3 Å². The van der Waals surface area contributed by atoms with Crippen LogP contribution >= 0.6 is 0 Å². The van der Waals surface area contributed by atoms with Gasteiger partial charge in [-0.3, -0.25) is 9.59 Å². The van der Waals surface area contributed by atoms with Crippen molar-refractivity contribution in [3.05, 3.63) is 41.5 Å². The van der Waals surface area contributed by atoms with Gasteiger partial charge in [0.05, 0.1) is 5.41 Å². The lowest BCUT2D eigenvalue weighted by molar-refractivity contribution is -0.142. The van der Waals surface area contributed by atoms with E-state index in [9.17, 15) is 9.59 Å². The van der Waals surface area contributed by atoms with Crippen LogP contribution in [0.1, 0.15) is 25.0 Å². The van der Waals surface area contributed by atoms with E-state index in [4.69, 9.17) is 5.11 Å². The highest BCUT2D eigenvalue weighted by atomic mass is 16.4. The minimum absolute atomic E-state index is 0.703. The fourth-order valence-corrected chi connectivity index (χ4v) is 1.28. The zero-order chi connectivity index (χ0) is 12.2. The molecule has 1 N–H and O–H groups in total. The number of hydrogen-bond acceptors (Lipinski definition) is 2. The predicted octanol–water partition coefficient (Wildman–Crippen LogP) is 2.26. The first-order valence-electron chi connectivity index (χ1n) is 4.94. The van der Waals surface area contributed by atoms with Gasteiger partial charge in [-0.05, 0) is 31.1 Å². The minimum Gasteiger partial charge on any atom is -0.481 e. The lowest BCUT2D eigenvalue weighted by atomic mass is 9.84. The van der Waals surface area contributed by atoms with Crippen molar-refractivity contribution in [2.75, 3.05) is 0 Å². The van der Waals surface area contributed by atoms with E-state index in [2.05, 4.69) is 0 Å². The summed E-state index contributed by atoms with van der Waals surface area (Å²) in [5, 5.41) is 9.05. The molecular formula is C13H14O3. The Balaban J connectivity index is 2.99. The molecule has 1 aromatic rings. The van der Waals surface area contributed by atoms with E-state index in [-0.39, 0.29) is 0 Å². The molecule has 0 radical (unpaired) electrons. The van der Waals surface area contributed by atoms with Gasteiger partial charge < -0.3 is 5.11 Å². The van der Waals surface area contributed by atoms with E-state index >= 15 is 0 Å². The van der Waals surface area contributed by atoms with E-state index in [0.29, 0.717) is 6.29 Å². The highest BCUT2D eigenvalue weighted by Crippen LogP contribution is 2.23. The fourth-order valence-electron chi connectivity index (χ4n) is 1.28. The van der Waals surface area contributed by atoms with Crippen LogP contribution in [-0.2, 0) is 15.0 Å². The van der Waals surface area contributed by atoms with Crippen LogP contribution in [0.4, 0.5) is 0 Å². The van der Waals surface area contributed by atoms with Gasteiger partial charge in [0.25, 0.3) is 0 Å². The van der Waals surface area contributed by atoms with Crippen LogP contribution in [0, 0.1) is 0 Å². The van der Waals surface area contributed by atoms with E-state index < -0.39 is 11.4 Å². The maximum absolute atomic E-state index is 11.0. The summed E-state index contributed by atoms with van der Waals surface area (Å²) in [5.74, 6) is -0.858. The lowest BCUT2D eigenvalue weighted by Crippen LogP contribution is -2.28. The minimum atomic E-state index is -0.896. The number of benzene rings is 1. The molecule has 16 heavy (non-hydrogen) atoms. The van der Waals surface area contributed by atoms with E-state index in [0.717, 1.165) is 11.1 Å². The van der Waals surface area contributed by atoms with Crippen LogP contribution in [0.3, 0.4) is 0 Å². The highest BCUT2D eigenvalue weighted by molar-refractivity contribution is 5.80. The second-order valence-electron chi connectivity index (χ2n) is 4.05. The first kappa shape index (κ1) is 12.2. The van der Waals surface area contributed by atoms with Gasteiger partial charge >= 0.3 is 5.97 Å². The van der Waals surface area contributed by atoms with E-state index in [1.165, 1.54) is 6.08 Å². The van der Waals surface area contributed by atoms with Crippen LogP contribution in [-0.4, -0.2) is 17.4 Å². The van der Waals surface area contributed by atoms with Gasteiger partial charge in [-0.15, -0.1) is 0 Å². The summed E-state index contributed by atoms with van der Waals surface area (Å²) in [5.41, 5.74) is 0.715. The summed E-state index contributed by atoms with van der Waals surface area (Å²) in [6.45, 7) is 3.32. The molecule has 0 aliphatic heterocycles. The topological polar surface area (TPSA) is 54.4 Å². The van der Waals surface area contributed by atoms with Crippen LogP contribution in [0.25, 0.3) is 6.08 Å². The number of carbonyl (C=O) groups excluding carboxylic acids is 1. The van der Waals surface area contributed by atoms with Crippen molar-refractivity contribution in [1.82, 2.24) is 0 Å². The molecule has 0 aliphatic carbocycles. The van der Waals surface area contributed by atoms with Gasteiger partial charge in [-0.1, -0.05) is 30.3 Å². The molecule has 0 unspecified atom stereocenters. The van der Waals surface area contributed by atoms with E-state index in [1.54, 1.807) is 44.2 Å². The Morgan fingerprint density at radius 2 is 1.81 bits per heavy atom. The van der Waals surface area contributed by atoms with Crippen molar-refractivity contribution in [1.29, 1.82) is 0 Å². The fraction of sp³-hybridized carbons (Fsp3) is 0.231. The zero-order valence-electron chi connectivity index (χ0n) is 9.31. The summed E-state index contributed by atoms with van der Waals surface area (Å²) in [7, 11) is 0. The molecule has 0 spiro atoms. The Labute approximate surface area is 94.4 Å². The van der Waals surface area contributed by atoms with E-state index in [1.807, 2.05) is 0 Å². The first-order chi connectivity index (χ1) is 7.48. The number of rotatable bonds is 4. The van der Waals surface area contributed by atoms with Gasteiger partial charge in [0.15, 0.2) is 0 Å². The molecule has 1 aromatic carbocycles. The number of hydrogen-bond donors (Lipinski definition) is 1. The highest BCUT2D eigenvalue weighted by Gasteiger charge is 2.28. The maximum atomic E-state index is 11.0. The SMILES string of the molecule is CC(C)(C(=O)O)c1ccc(C=CC=O)cc1. The Hall–Kier alpha value is -1.90. The average molecular weight is 218 g/mol. The Morgan fingerprint density at radius 1 is 1.25 bits per heavy atom. The molecule has 3 nitrogen and oxygen atoms in total. The number of aldehydes is 1. The van der Waals surface area contributed by atoms with Crippen molar-refractivity contribution >= 4 is 18.3 Å². The predicted molar refractivity (Wildman–Crippen MR) is 62.2 cm³/mol. The second-order valence-corrected chi connectivity index (χ2v) is 4.05. The quantitative estimate of drug-likeness (QED) is 0.623. The molecule has 0 saturated carbocycles.